The van der Waals surface area contributed by atoms with Gasteiger partial charge in [0.25, 0.3) is 5.91 Å². The normalized spacial score (nSPS) is 17.7. The summed E-state index contributed by atoms with van der Waals surface area (Å²) in [5.41, 5.74) is 3.72. The summed E-state index contributed by atoms with van der Waals surface area (Å²) in [5.74, 6) is -1.90. The van der Waals surface area contributed by atoms with E-state index in [-0.39, 0.29) is 19.6 Å². The number of carbonyl (C=O) groups is 1. The molecule has 2 heterocycles. The smallest absolute Gasteiger partial charge is 0.258 e. The minimum Gasteiger partial charge on any atom is -0.390 e. The Balaban J connectivity index is 1.37. The van der Waals surface area contributed by atoms with E-state index in [1.54, 1.807) is 6.92 Å². The third-order valence-electron chi connectivity index (χ3n) is 7.68. The fourth-order valence-electron chi connectivity index (χ4n) is 5.36. The van der Waals surface area contributed by atoms with Crippen molar-refractivity contribution < 1.29 is 23.4 Å². The summed E-state index contributed by atoms with van der Waals surface area (Å²) >= 11 is 0. The van der Waals surface area contributed by atoms with Crippen LogP contribution in [0.15, 0.2) is 85.1 Å². The third kappa shape index (κ3) is 6.40. The van der Waals surface area contributed by atoms with Crippen molar-refractivity contribution in [2.24, 2.45) is 0 Å². The Morgan fingerprint density at radius 3 is 2.54 bits per heavy atom. The molecule has 1 aromatic heterocycles. The number of carbonyl (C=O) groups excluding carboxylic acids is 1. The number of para-hydroxylation sites is 1. The van der Waals surface area contributed by atoms with Gasteiger partial charge in [0.05, 0.1) is 30.1 Å². The lowest BCUT2D eigenvalue weighted by Crippen LogP contribution is -2.54. The number of amides is 1. The van der Waals surface area contributed by atoms with Crippen LogP contribution in [-0.4, -0.2) is 34.3 Å². The highest BCUT2D eigenvalue weighted by Crippen LogP contribution is 2.35. The van der Waals surface area contributed by atoms with Gasteiger partial charge < -0.3 is 25.0 Å². The Morgan fingerprint density at radius 1 is 1.00 bits per heavy atom. The van der Waals surface area contributed by atoms with Gasteiger partial charge in [0.2, 0.25) is 0 Å². The molecule has 1 unspecified atom stereocenters. The lowest BCUT2D eigenvalue weighted by atomic mass is 9.96. The number of aryl methyl sites for hydroxylation is 1. The van der Waals surface area contributed by atoms with Crippen LogP contribution in [0.3, 0.4) is 0 Å². The quantitative estimate of drug-likeness (QED) is 0.257. The van der Waals surface area contributed by atoms with Gasteiger partial charge in [0.1, 0.15) is 11.6 Å². The predicted octanol–water partition coefficient (Wildman–Crippen LogP) is 4.94. The number of nitrogens with zero attached hydrogens (tertiary/aromatic N) is 1. The molecule has 3 atom stereocenters. The number of nitrogens with one attached hydrogen (secondary N) is 2. The molecule has 0 saturated heterocycles. The SMILES string of the molecule is CCc1cccc(CNC[C@H](O)[C@@H](Cc2cc(F)cc(F)c2)NC(=O)C2(C)OCc3ccccc3-n3cccc32)c1. The minimum atomic E-state index is -1.39. The molecule has 1 amide bonds. The van der Waals surface area contributed by atoms with Crippen molar-refractivity contribution in [3.8, 4) is 5.69 Å². The standard InChI is InChI=1S/C33H35F2N3O3/c1-3-22-8-6-9-23(14-22)19-36-20-30(39)28(17-24-15-26(34)18-27(35)16-24)37-32(40)33(2)31-12-7-13-38(31)29-11-5-4-10-25(29)21-41-33/h4-16,18,28,30,36,39H,3,17,19-21H2,1-2H3,(H,37,40)/t28-,30+,33?/m1/s1. The molecule has 214 valence electrons. The molecule has 1 aliphatic heterocycles. The van der Waals surface area contributed by atoms with Gasteiger partial charge in [-0.25, -0.2) is 8.78 Å². The topological polar surface area (TPSA) is 75.5 Å². The average Bonchev–Trinajstić information content (AvgIpc) is 3.42. The van der Waals surface area contributed by atoms with Crippen LogP contribution in [0.1, 0.15) is 41.8 Å². The van der Waals surface area contributed by atoms with Gasteiger partial charge in [0, 0.05) is 30.9 Å². The van der Waals surface area contributed by atoms with Crippen molar-refractivity contribution in [3.05, 3.63) is 125 Å². The number of hydrogen-bond acceptors (Lipinski definition) is 4. The second-order valence-corrected chi connectivity index (χ2v) is 10.6. The molecule has 0 radical (unpaired) electrons. The Kier molecular flexibility index (Phi) is 8.63. The van der Waals surface area contributed by atoms with E-state index in [4.69, 9.17) is 4.74 Å². The van der Waals surface area contributed by atoms with Crippen LogP contribution in [0.5, 0.6) is 0 Å². The van der Waals surface area contributed by atoms with E-state index in [0.29, 0.717) is 17.8 Å². The van der Waals surface area contributed by atoms with Crippen LogP contribution in [0.2, 0.25) is 0 Å². The second-order valence-electron chi connectivity index (χ2n) is 10.6. The molecule has 0 fully saturated rings. The van der Waals surface area contributed by atoms with Crippen molar-refractivity contribution in [1.82, 2.24) is 15.2 Å². The highest BCUT2D eigenvalue weighted by atomic mass is 19.1. The van der Waals surface area contributed by atoms with Crippen LogP contribution >= 0.6 is 0 Å². The summed E-state index contributed by atoms with van der Waals surface area (Å²) in [5, 5.41) is 17.5. The van der Waals surface area contributed by atoms with Crippen LogP contribution < -0.4 is 10.6 Å². The number of benzene rings is 3. The zero-order valence-electron chi connectivity index (χ0n) is 23.2. The number of rotatable bonds is 10. The molecule has 0 saturated carbocycles. The monoisotopic (exact) mass is 559 g/mol. The van der Waals surface area contributed by atoms with Gasteiger partial charge in [-0.3, -0.25) is 4.79 Å². The highest BCUT2D eigenvalue weighted by Gasteiger charge is 2.42. The summed E-state index contributed by atoms with van der Waals surface area (Å²) in [6, 6.07) is 22.0. The van der Waals surface area contributed by atoms with Gasteiger partial charge >= 0.3 is 0 Å². The van der Waals surface area contributed by atoms with Gasteiger partial charge in [-0.15, -0.1) is 0 Å². The largest absolute Gasteiger partial charge is 0.390 e. The molecule has 4 aromatic rings. The van der Waals surface area contributed by atoms with E-state index in [2.05, 4.69) is 29.7 Å². The van der Waals surface area contributed by atoms with Crippen LogP contribution in [0.4, 0.5) is 8.78 Å². The number of aromatic nitrogens is 1. The van der Waals surface area contributed by atoms with Gasteiger partial charge in [-0.05, 0) is 66.8 Å². The van der Waals surface area contributed by atoms with Gasteiger partial charge in [-0.1, -0.05) is 49.4 Å². The summed E-state index contributed by atoms with van der Waals surface area (Å²) < 4.78 is 36.2. The van der Waals surface area contributed by atoms with Crippen LogP contribution in [-0.2, 0) is 41.1 Å². The minimum absolute atomic E-state index is 0.0197. The Bertz CT molecular complexity index is 1500. The summed E-state index contributed by atoms with van der Waals surface area (Å²) in [4.78, 5) is 14.0. The zero-order valence-corrected chi connectivity index (χ0v) is 23.2. The molecular weight excluding hydrogens is 524 g/mol. The lowest BCUT2D eigenvalue weighted by molar-refractivity contribution is -0.150. The Labute approximate surface area is 239 Å². The van der Waals surface area contributed by atoms with E-state index < -0.39 is 35.3 Å². The fraction of sp³-hybridized carbons (Fsp3) is 0.303. The molecule has 3 aromatic carbocycles. The lowest BCUT2D eigenvalue weighted by Gasteiger charge is -2.32. The first-order chi connectivity index (χ1) is 19.8. The van der Waals surface area contributed by atoms with E-state index in [9.17, 15) is 18.7 Å². The van der Waals surface area contributed by atoms with E-state index in [0.717, 1.165) is 29.3 Å². The number of aliphatic hydroxyl groups is 1. The van der Waals surface area contributed by atoms with Crippen molar-refractivity contribution in [1.29, 1.82) is 0 Å². The molecule has 41 heavy (non-hydrogen) atoms. The maximum absolute atomic E-state index is 14.0. The Morgan fingerprint density at radius 2 is 1.76 bits per heavy atom. The highest BCUT2D eigenvalue weighted by molar-refractivity contribution is 5.86. The van der Waals surface area contributed by atoms with E-state index in [1.807, 2.05) is 59.3 Å². The molecule has 0 aliphatic carbocycles. The first-order valence-corrected chi connectivity index (χ1v) is 13.9. The van der Waals surface area contributed by atoms with E-state index in [1.165, 1.54) is 17.7 Å². The maximum atomic E-state index is 14.0. The van der Waals surface area contributed by atoms with Crippen LogP contribution in [0, 0.1) is 11.6 Å². The summed E-state index contributed by atoms with van der Waals surface area (Å²) in [6.07, 6.45) is 1.77. The molecular formula is C33H35F2N3O3. The van der Waals surface area contributed by atoms with Crippen molar-refractivity contribution >= 4 is 5.91 Å². The fourth-order valence-corrected chi connectivity index (χ4v) is 5.36. The second kappa shape index (κ2) is 12.3. The number of halogens is 2. The van der Waals surface area contributed by atoms with Crippen LogP contribution in [0.25, 0.3) is 5.69 Å². The van der Waals surface area contributed by atoms with E-state index >= 15 is 0 Å². The maximum Gasteiger partial charge on any atom is 0.258 e. The summed E-state index contributed by atoms with van der Waals surface area (Å²) in [6.45, 7) is 4.67. The first kappa shape index (κ1) is 28.7. The number of ether oxygens (including phenoxy) is 1. The summed E-state index contributed by atoms with van der Waals surface area (Å²) in [7, 11) is 0. The van der Waals surface area contributed by atoms with Crippen molar-refractivity contribution in [2.75, 3.05) is 6.54 Å². The number of hydrogen-bond donors (Lipinski definition) is 3. The first-order valence-electron chi connectivity index (χ1n) is 13.9. The third-order valence-corrected chi connectivity index (χ3v) is 7.68. The zero-order chi connectivity index (χ0) is 29.0. The Hall–Kier alpha value is -3.85. The average molecular weight is 560 g/mol. The molecule has 1 aliphatic rings. The predicted molar refractivity (Wildman–Crippen MR) is 153 cm³/mol. The van der Waals surface area contributed by atoms with Crippen molar-refractivity contribution in [3.63, 3.8) is 0 Å². The van der Waals surface area contributed by atoms with Gasteiger partial charge in [0.15, 0.2) is 5.60 Å². The number of aliphatic hydroxyl groups excluding tert-OH is 1. The number of fused-ring (bicyclic) bond motifs is 3. The molecule has 3 N–H and O–H groups in total. The molecule has 8 heteroatoms. The molecule has 0 spiro atoms. The molecule has 0 bridgehead atoms. The molecule has 5 rings (SSSR count). The molecule has 6 nitrogen and oxygen atoms in total. The van der Waals surface area contributed by atoms with Crippen molar-refractivity contribution in [2.45, 2.75) is 57.6 Å². The van der Waals surface area contributed by atoms with Gasteiger partial charge in [-0.2, -0.15) is 0 Å².